The number of fused-ring (bicyclic) bond motifs is 1. The van der Waals surface area contributed by atoms with Gasteiger partial charge in [-0.2, -0.15) is 8.78 Å². The molecule has 0 spiro atoms. The number of rotatable bonds is 8. The molecule has 0 saturated heterocycles. The van der Waals surface area contributed by atoms with Gasteiger partial charge in [-0.15, -0.1) is 0 Å². The molecular weight excluding hydrogens is 408 g/mol. The summed E-state index contributed by atoms with van der Waals surface area (Å²) in [4.78, 5) is 13.8. The van der Waals surface area contributed by atoms with Crippen molar-refractivity contribution >= 4 is 10.9 Å². The maximum Gasteiger partial charge on any atom is 0.345 e. The smallest absolute Gasteiger partial charge is 0.345 e. The molecule has 2 heterocycles. The number of halogens is 2. The summed E-state index contributed by atoms with van der Waals surface area (Å²) in [5, 5.41) is 20.1. The van der Waals surface area contributed by atoms with Gasteiger partial charge >= 0.3 is 6.61 Å². The fourth-order valence-corrected chi connectivity index (χ4v) is 4.33. The average Bonchev–Trinajstić information content (AvgIpc) is 2.72. The van der Waals surface area contributed by atoms with Crippen LogP contribution < -0.4 is 4.74 Å². The van der Waals surface area contributed by atoms with Crippen molar-refractivity contribution in [2.75, 3.05) is 6.61 Å². The van der Waals surface area contributed by atoms with Crippen molar-refractivity contribution < 1.29 is 28.5 Å². The fourth-order valence-electron chi connectivity index (χ4n) is 4.33. The molecule has 0 aliphatic heterocycles. The predicted molar refractivity (Wildman–Crippen MR) is 109 cm³/mol. The Kier molecular flexibility index (Phi) is 6.93. The second kappa shape index (κ2) is 9.67. The van der Waals surface area contributed by atoms with Crippen LogP contribution in [-0.2, 0) is 11.2 Å². The molecule has 9 heteroatoms. The molecular formula is C22H29F2N3O4. The van der Waals surface area contributed by atoms with Crippen LogP contribution in [0.5, 0.6) is 5.88 Å². The predicted octanol–water partition coefficient (Wildman–Crippen LogP) is 3.36. The summed E-state index contributed by atoms with van der Waals surface area (Å²) < 4.78 is 35.1. The third-order valence-electron chi connectivity index (χ3n) is 6.19. The zero-order chi connectivity index (χ0) is 22.0. The summed E-state index contributed by atoms with van der Waals surface area (Å²) in [6.07, 6.45) is 7.58. The van der Waals surface area contributed by atoms with Crippen LogP contribution in [0.4, 0.5) is 8.78 Å². The van der Waals surface area contributed by atoms with E-state index < -0.39 is 6.61 Å². The zero-order valence-corrected chi connectivity index (χ0v) is 17.6. The highest BCUT2D eigenvalue weighted by Gasteiger charge is 2.31. The first kappa shape index (κ1) is 22.2. The molecule has 0 amide bonds. The van der Waals surface area contributed by atoms with Gasteiger partial charge in [-0.25, -0.2) is 15.0 Å². The van der Waals surface area contributed by atoms with Gasteiger partial charge in [0.2, 0.25) is 5.88 Å². The van der Waals surface area contributed by atoms with Crippen molar-refractivity contribution in [1.29, 1.82) is 0 Å². The molecule has 2 aromatic heterocycles. The maximum absolute atomic E-state index is 12.3. The third kappa shape index (κ3) is 5.45. The van der Waals surface area contributed by atoms with Gasteiger partial charge in [-0.3, -0.25) is 0 Å². The van der Waals surface area contributed by atoms with E-state index in [2.05, 4.69) is 14.7 Å². The minimum atomic E-state index is -2.79. The van der Waals surface area contributed by atoms with Gasteiger partial charge in [-0.1, -0.05) is 6.92 Å². The first-order chi connectivity index (χ1) is 14.9. The quantitative estimate of drug-likeness (QED) is 0.653. The SMILES string of the molecule is C[C@@H](COC(F)F)Cc1ncc2c(OC3CC(O)C3)ncc(C3CCC(O)CC3)c2n1. The number of aliphatic hydroxyl groups is 2. The van der Waals surface area contributed by atoms with Gasteiger partial charge in [0.05, 0.1) is 29.7 Å². The molecule has 2 aliphatic rings. The van der Waals surface area contributed by atoms with Gasteiger partial charge in [0, 0.05) is 37.2 Å². The van der Waals surface area contributed by atoms with E-state index in [0.29, 0.717) is 36.4 Å². The highest BCUT2D eigenvalue weighted by Crippen LogP contribution is 2.38. The number of pyridine rings is 1. The van der Waals surface area contributed by atoms with E-state index in [-0.39, 0.29) is 36.8 Å². The molecule has 0 unspecified atom stereocenters. The van der Waals surface area contributed by atoms with Gasteiger partial charge in [0.1, 0.15) is 11.9 Å². The molecule has 2 fully saturated rings. The molecule has 0 aromatic carbocycles. The summed E-state index contributed by atoms with van der Waals surface area (Å²) >= 11 is 0. The van der Waals surface area contributed by atoms with E-state index in [1.807, 2.05) is 6.92 Å². The van der Waals surface area contributed by atoms with Crippen LogP contribution in [0.25, 0.3) is 10.9 Å². The van der Waals surface area contributed by atoms with Crippen molar-refractivity contribution in [2.45, 2.75) is 82.7 Å². The van der Waals surface area contributed by atoms with Gasteiger partial charge in [-0.05, 0) is 37.5 Å². The Balaban J connectivity index is 1.61. The molecule has 7 nitrogen and oxygen atoms in total. The van der Waals surface area contributed by atoms with Gasteiger partial charge in [0.15, 0.2) is 0 Å². The Morgan fingerprint density at radius 2 is 1.81 bits per heavy atom. The largest absolute Gasteiger partial charge is 0.474 e. The summed E-state index contributed by atoms with van der Waals surface area (Å²) in [7, 11) is 0. The number of alkyl halides is 2. The topological polar surface area (TPSA) is 97.6 Å². The number of nitrogens with zero attached hydrogens (tertiary/aromatic N) is 3. The van der Waals surface area contributed by atoms with Crippen molar-refractivity contribution in [3.8, 4) is 5.88 Å². The highest BCUT2D eigenvalue weighted by molar-refractivity contribution is 5.85. The highest BCUT2D eigenvalue weighted by atomic mass is 19.3. The first-order valence-corrected chi connectivity index (χ1v) is 11.0. The monoisotopic (exact) mass is 437 g/mol. The lowest BCUT2D eigenvalue weighted by atomic mass is 9.82. The van der Waals surface area contributed by atoms with E-state index in [1.165, 1.54) is 0 Å². The van der Waals surface area contributed by atoms with Crippen molar-refractivity contribution in [1.82, 2.24) is 15.0 Å². The van der Waals surface area contributed by atoms with Gasteiger partial charge < -0.3 is 19.7 Å². The van der Waals surface area contributed by atoms with Crippen LogP contribution in [0, 0.1) is 5.92 Å². The van der Waals surface area contributed by atoms with E-state index in [1.54, 1.807) is 12.4 Å². The van der Waals surface area contributed by atoms with Crippen molar-refractivity contribution in [3.63, 3.8) is 0 Å². The second-order valence-electron chi connectivity index (χ2n) is 8.84. The number of aromatic nitrogens is 3. The van der Waals surface area contributed by atoms with Crippen LogP contribution in [0.3, 0.4) is 0 Å². The van der Waals surface area contributed by atoms with Crippen molar-refractivity contribution in [2.24, 2.45) is 5.92 Å². The lowest BCUT2D eigenvalue weighted by molar-refractivity contribution is -0.136. The molecule has 0 bridgehead atoms. The molecule has 2 aliphatic carbocycles. The Morgan fingerprint density at radius 1 is 1.06 bits per heavy atom. The number of hydrogen-bond acceptors (Lipinski definition) is 7. The van der Waals surface area contributed by atoms with E-state index >= 15 is 0 Å². The Bertz CT molecular complexity index is 886. The molecule has 2 aromatic rings. The maximum atomic E-state index is 12.3. The zero-order valence-electron chi connectivity index (χ0n) is 17.6. The summed E-state index contributed by atoms with van der Waals surface area (Å²) in [5.41, 5.74) is 1.77. The van der Waals surface area contributed by atoms with E-state index in [4.69, 9.17) is 9.72 Å². The van der Waals surface area contributed by atoms with Crippen LogP contribution in [0.2, 0.25) is 0 Å². The van der Waals surface area contributed by atoms with Crippen molar-refractivity contribution in [3.05, 3.63) is 23.8 Å². The lowest BCUT2D eigenvalue weighted by Crippen LogP contribution is -2.37. The molecule has 0 radical (unpaired) electrons. The normalized spacial score (nSPS) is 27.3. The van der Waals surface area contributed by atoms with E-state index in [0.717, 1.165) is 36.8 Å². The minimum Gasteiger partial charge on any atom is -0.474 e. The number of ether oxygens (including phenoxy) is 2. The van der Waals surface area contributed by atoms with Crippen LogP contribution in [-0.4, -0.2) is 56.7 Å². The molecule has 31 heavy (non-hydrogen) atoms. The minimum absolute atomic E-state index is 0.0683. The molecule has 2 N–H and O–H groups in total. The van der Waals surface area contributed by atoms with Crippen LogP contribution >= 0.6 is 0 Å². The van der Waals surface area contributed by atoms with Gasteiger partial charge in [0.25, 0.3) is 0 Å². The summed E-state index contributed by atoms with van der Waals surface area (Å²) in [5.74, 6) is 1.09. The summed E-state index contributed by atoms with van der Waals surface area (Å²) in [6, 6.07) is 0. The number of hydrogen-bond donors (Lipinski definition) is 2. The average molecular weight is 437 g/mol. The molecule has 2 saturated carbocycles. The Hall–Kier alpha value is -1.97. The Labute approximate surface area is 179 Å². The number of aliphatic hydroxyl groups excluding tert-OH is 2. The summed E-state index contributed by atoms with van der Waals surface area (Å²) in [6.45, 7) is -1.03. The second-order valence-corrected chi connectivity index (χ2v) is 8.84. The molecule has 1 atom stereocenters. The molecule has 170 valence electrons. The fraction of sp³-hybridized carbons (Fsp3) is 0.682. The lowest BCUT2D eigenvalue weighted by Gasteiger charge is -2.31. The first-order valence-electron chi connectivity index (χ1n) is 11.0. The molecule has 4 rings (SSSR count). The standard InChI is InChI=1S/C22H29F2N3O4/c1-12(11-30-22(23)24)6-19-25-10-18-20(27-19)17(13-2-4-14(28)5-3-13)9-26-21(18)31-16-7-15(29)8-16/h9-10,12-16,22,28-29H,2-8,11H2,1H3/t12-,13?,14?,15?,16?/m1/s1. The Morgan fingerprint density at radius 3 is 2.48 bits per heavy atom. The third-order valence-corrected chi connectivity index (χ3v) is 6.19. The van der Waals surface area contributed by atoms with E-state index in [9.17, 15) is 19.0 Å². The van der Waals surface area contributed by atoms with Crippen LogP contribution in [0.15, 0.2) is 12.4 Å². The van der Waals surface area contributed by atoms with Crippen LogP contribution in [0.1, 0.15) is 62.8 Å².